The molecule has 0 aromatic carbocycles. The van der Waals surface area contributed by atoms with Crippen LogP contribution in [0.4, 0.5) is 0 Å². The Hall–Kier alpha value is -1.62. The minimum Gasteiger partial charge on any atom is -0.461 e. The molecule has 0 unspecified atom stereocenters. The third-order valence-corrected chi connectivity index (χ3v) is 3.44. The monoisotopic (exact) mass is 266 g/mol. The Kier molecular flexibility index (Phi) is 4.37. The lowest BCUT2D eigenvalue weighted by Crippen LogP contribution is -2.37. The highest BCUT2D eigenvalue weighted by Crippen LogP contribution is 2.43. The number of rotatable bonds is 6. The van der Waals surface area contributed by atoms with Gasteiger partial charge in [0.2, 0.25) is 0 Å². The highest BCUT2D eigenvalue weighted by molar-refractivity contribution is 5.82. The maximum atomic E-state index is 12.0. The van der Waals surface area contributed by atoms with E-state index in [1.165, 1.54) is 12.2 Å². The van der Waals surface area contributed by atoms with E-state index in [0.29, 0.717) is 12.8 Å². The topological polar surface area (TPSA) is 65.1 Å². The predicted octanol–water partition coefficient (Wildman–Crippen LogP) is 1.24. The molecule has 4 atom stereocenters. The van der Waals surface area contributed by atoms with Crippen molar-refractivity contribution in [3.63, 3.8) is 0 Å². The summed E-state index contributed by atoms with van der Waals surface area (Å²) in [5, 5.41) is 0. The van der Waals surface area contributed by atoms with Gasteiger partial charge in [-0.1, -0.05) is 25.3 Å². The van der Waals surface area contributed by atoms with Gasteiger partial charge in [-0.15, -0.1) is 0 Å². The normalized spacial score (nSPS) is 31.8. The molecule has 0 spiro atoms. The second kappa shape index (κ2) is 6.02. The first-order valence-corrected chi connectivity index (χ1v) is 6.38. The van der Waals surface area contributed by atoms with E-state index in [0.717, 1.165) is 0 Å². The van der Waals surface area contributed by atoms with Gasteiger partial charge in [0.1, 0.15) is 13.2 Å². The smallest absolute Gasteiger partial charge is 0.310 e. The summed E-state index contributed by atoms with van der Waals surface area (Å²) in [5.74, 6) is -1.73. The van der Waals surface area contributed by atoms with E-state index in [2.05, 4.69) is 13.2 Å². The molecule has 1 heterocycles. The molecule has 0 amide bonds. The van der Waals surface area contributed by atoms with E-state index < -0.39 is 11.8 Å². The number of carbonyl (C=O) groups is 2. The third kappa shape index (κ3) is 3.23. The fourth-order valence-electron chi connectivity index (χ4n) is 2.44. The van der Waals surface area contributed by atoms with Crippen molar-refractivity contribution in [1.82, 2.24) is 0 Å². The van der Waals surface area contributed by atoms with Crippen LogP contribution in [-0.2, 0) is 23.8 Å². The number of esters is 2. The minimum atomic E-state index is -0.485. The second-order valence-corrected chi connectivity index (χ2v) is 4.73. The molecule has 1 aliphatic carbocycles. The highest BCUT2D eigenvalue weighted by Gasteiger charge is 2.53. The minimum absolute atomic E-state index is 0.0877. The number of fused-ring (bicyclic) bond motifs is 1. The van der Waals surface area contributed by atoms with Gasteiger partial charge < -0.3 is 14.2 Å². The summed E-state index contributed by atoms with van der Waals surface area (Å²) in [7, 11) is 0. The van der Waals surface area contributed by atoms with Gasteiger partial charge in [0.05, 0.1) is 24.0 Å². The van der Waals surface area contributed by atoms with Gasteiger partial charge in [0.25, 0.3) is 0 Å². The first-order valence-electron chi connectivity index (χ1n) is 6.38. The summed E-state index contributed by atoms with van der Waals surface area (Å²) >= 11 is 0. The Labute approximate surface area is 112 Å². The van der Waals surface area contributed by atoms with Gasteiger partial charge in [-0.2, -0.15) is 0 Å². The van der Waals surface area contributed by atoms with Gasteiger partial charge in [-0.05, 0) is 12.8 Å². The summed E-state index contributed by atoms with van der Waals surface area (Å²) in [6, 6.07) is 0. The van der Waals surface area contributed by atoms with Crippen LogP contribution in [0.3, 0.4) is 0 Å². The Morgan fingerprint density at radius 1 is 1.00 bits per heavy atom. The molecule has 1 saturated heterocycles. The maximum absolute atomic E-state index is 12.0. The van der Waals surface area contributed by atoms with Crippen molar-refractivity contribution in [2.45, 2.75) is 25.0 Å². The molecule has 2 fully saturated rings. The zero-order valence-corrected chi connectivity index (χ0v) is 10.7. The van der Waals surface area contributed by atoms with Crippen molar-refractivity contribution in [3.8, 4) is 0 Å². The number of epoxide rings is 1. The van der Waals surface area contributed by atoms with Gasteiger partial charge in [0.15, 0.2) is 0 Å². The lowest BCUT2D eigenvalue weighted by atomic mass is 9.79. The van der Waals surface area contributed by atoms with Crippen LogP contribution in [0.5, 0.6) is 0 Å². The summed E-state index contributed by atoms with van der Waals surface area (Å²) in [6.45, 7) is 7.28. The molecule has 2 aliphatic rings. The number of carbonyl (C=O) groups excluding carboxylic acids is 2. The number of ether oxygens (including phenoxy) is 3. The van der Waals surface area contributed by atoms with Crippen LogP contribution in [-0.4, -0.2) is 37.4 Å². The summed E-state index contributed by atoms with van der Waals surface area (Å²) < 4.78 is 15.5. The first kappa shape index (κ1) is 13.8. The standard InChI is InChI=1S/C14H18O5/c1-3-5-17-13(15)9-7-11-12(19-11)8-10(9)14(16)18-6-4-2/h3-4,9-12H,1-2,5-8H2/t9-,10-,11-,12+/m0/s1. The van der Waals surface area contributed by atoms with Gasteiger partial charge >= 0.3 is 11.9 Å². The van der Waals surface area contributed by atoms with Crippen LogP contribution in [0.15, 0.2) is 25.3 Å². The van der Waals surface area contributed by atoms with Gasteiger partial charge in [0, 0.05) is 0 Å². The average molecular weight is 266 g/mol. The second-order valence-electron chi connectivity index (χ2n) is 4.73. The Morgan fingerprint density at radius 3 is 1.79 bits per heavy atom. The zero-order valence-electron chi connectivity index (χ0n) is 10.7. The molecule has 2 rings (SSSR count). The zero-order chi connectivity index (χ0) is 13.8. The van der Waals surface area contributed by atoms with Crippen LogP contribution >= 0.6 is 0 Å². The van der Waals surface area contributed by atoms with Crippen LogP contribution in [0, 0.1) is 11.8 Å². The van der Waals surface area contributed by atoms with Crippen molar-refractivity contribution >= 4 is 11.9 Å². The molecule has 0 N–H and O–H groups in total. The fraction of sp³-hybridized carbons (Fsp3) is 0.571. The Bertz CT molecular complexity index is 353. The van der Waals surface area contributed by atoms with Gasteiger partial charge in [-0.25, -0.2) is 0 Å². The summed E-state index contributed by atoms with van der Waals surface area (Å²) in [6.07, 6.45) is 4.22. The SMILES string of the molecule is C=CCOC(=O)[C@H]1C[C@@H]2O[C@@H]2C[C@@H]1C(=O)OCC=C. The average Bonchev–Trinajstić information content (AvgIpc) is 3.18. The molecule has 19 heavy (non-hydrogen) atoms. The van der Waals surface area contributed by atoms with Crippen LogP contribution in [0.2, 0.25) is 0 Å². The van der Waals surface area contributed by atoms with Crippen molar-refractivity contribution in [2.24, 2.45) is 11.8 Å². The third-order valence-electron chi connectivity index (χ3n) is 3.44. The van der Waals surface area contributed by atoms with E-state index in [1.54, 1.807) is 0 Å². The molecule has 5 nitrogen and oxygen atoms in total. The summed E-state index contributed by atoms with van der Waals surface area (Å²) in [5.41, 5.74) is 0. The lowest BCUT2D eigenvalue weighted by Gasteiger charge is -2.25. The van der Waals surface area contributed by atoms with Crippen LogP contribution < -0.4 is 0 Å². The van der Waals surface area contributed by atoms with E-state index in [1.807, 2.05) is 0 Å². The molecule has 5 heteroatoms. The molecule has 1 saturated carbocycles. The molecule has 0 aromatic heterocycles. The summed E-state index contributed by atoms with van der Waals surface area (Å²) in [4.78, 5) is 23.9. The molecule has 0 aromatic rings. The molecule has 0 bridgehead atoms. The molecular formula is C14H18O5. The quantitative estimate of drug-likeness (QED) is 0.411. The largest absolute Gasteiger partial charge is 0.461 e. The van der Waals surface area contributed by atoms with Crippen LogP contribution in [0.1, 0.15) is 12.8 Å². The number of hydrogen-bond acceptors (Lipinski definition) is 5. The van der Waals surface area contributed by atoms with E-state index in [4.69, 9.17) is 14.2 Å². The van der Waals surface area contributed by atoms with Crippen molar-refractivity contribution in [3.05, 3.63) is 25.3 Å². The molecule has 1 aliphatic heterocycles. The predicted molar refractivity (Wildman–Crippen MR) is 67.2 cm³/mol. The van der Waals surface area contributed by atoms with Crippen LogP contribution in [0.25, 0.3) is 0 Å². The van der Waals surface area contributed by atoms with Gasteiger partial charge in [-0.3, -0.25) is 9.59 Å². The van der Waals surface area contributed by atoms with E-state index in [9.17, 15) is 9.59 Å². The highest BCUT2D eigenvalue weighted by atomic mass is 16.6. The Balaban J connectivity index is 1.99. The van der Waals surface area contributed by atoms with E-state index >= 15 is 0 Å². The lowest BCUT2D eigenvalue weighted by molar-refractivity contribution is -0.160. The number of hydrogen-bond donors (Lipinski definition) is 0. The molecular weight excluding hydrogens is 248 g/mol. The van der Waals surface area contributed by atoms with Crippen molar-refractivity contribution < 1.29 is 23.8 Å². The van der Waals surface area contributed by atoms with Crippen molar-refractivity contribution in [2.75, 3.05) is 13.2 Å². The first-order chi connectivity index (χ1) is 9.17. The molecule has 0 radical (unpaired) electrons. The fourth-order valence-corrected chi connectivity index (χ4v) is 2.44. The van der Waals surface area contributed by atoms with Crippen molar-refractivity contribution in [1.29, 1.82) is 0 Å². The Morgan fingerprint density at radius 2 is 1.42 bits per heavy atom. The van der Waals surface area contributed by atoms with E-state index in [-0.39, 0.29) is 37.4 Å². The maximum Gasteiger partial charge on any atom is 0.310 e. The molecule has 104 valence electrons.